The molecule has 0 spiro atoms. The van der Waals surface area contributed by atoms with Crippen LogP contribution in [0.2, 0.25) is 0 Å². The Morgan fingerprint density at radius 1 is 1.13 bits per heavy atom. The van der Waals surface area contributed by atoms with Crippen LogP contribution in [-0.4, -0.2) is 20.0 Å². The first-order valence-electron chi connectivity index (χ1n) is 6.39. The molecule has 120 valence electrons. The van der Waals surface area contributed by atoms with E-state index in [1.165, 1.54) is 38.4 Å². The van der Waals surface area contributed by atoms with Crippen LogP contribution in [0.25, 0.3) is 0 Å². The number of aromatic nitrogens is 2. The van der Waals surface area contributed by atoms with Crippen molar-refractivity contribution < 1.29 is 9.72 Å². The molecule has 0 aliphatic carbocycles. The Balaban J connectivity index is 2.15. The van der Waals surface area contributed by atoms with Crippen molar-refractivity contribution in [1.29, 1.82) is 0 Å². The molecule has 1 aromatic heterocycles. The first kappa shape index (κ1) is 15.9. The molecular weight excluding hydrogens is 306 g/mol. The molecule has 1 heterocycles. The molecule has 1 amide bonds. The second-order valence-electron chi connectivity index (χ2n) is 4.65. The number of carbonyl (C=O) groups excluding carboxylic acids is 1. The summed E-state index contributed by atoms with van der Waals surface area (Å²) in [7, 11) is 2.77. The van der Waals surface area contributed by atoms with E-state index in [9.17, 15) is 24.5 Å². The van der Waals surface area contributed by atoms with Crippen molar-refractivity contribution in [3.05, 3.63) is 66.8 Å². The minimum Gasteiger partial charge on any atom is -0.283 e. The van der Waals surface area contributed by atoms with Gasteiger partial charge < -0.3 is 0 Å². The number of nitro groups is 1. The molecule has 0 fully saturated rings. The number of carbonyl (C=O) groups is 1. The van der Waals surface area contributed by atoms with E-state index in [4.69, 9.17) is 0 Å². The highest BCUT2D eigenvalue weighted by atomic mass is 16.6. The summed E-state index contributed by atoms with van der Waals surface area (Å²) in [6, 6.07) is 6.12. The van der Waals surface area contributed by atoms with E-state index in [1.54, 1.807) is 0 Å². The molecule has 0 atom stereocenters. The maximum absolute atomic E-state index is 11.9. The predicted octanol–water partition coefficient (Wildman–Crippen LogP) is -0.251. The van der Waals surface area contributed by atoms with Crippen LogP contribution < -0.4 is 22.1 Å². The van der Waals surface area contributed by atoms with Gasteiger partial charge in [-0.3, -0.25) is 39.7 Å². The van der Waals surface area contributed by atoms with E-state index < -0.39 is 22.1 Å². The van der Waals surface area contributed by atoms with Crippen LogP contribution in [0.15, 0.2) is 39.9 Å². The fourth-order valence-corrected chi connectivity index (χ4v) is 1.78. The molecule has 23 heavy (non-hydrogen) atoms. The average molecular weight is 319 g/mol. The third-order valence-electron chi connectivity index (χ3n) is 3.17. The standard InChI is InChI=1S/C13H13N5O5/c1-16-10(7-11(19)17(2)13(16)21)14-15-12(20)8-3-5-9(6-4-8)18(22)23/h3-7,14H,1-2H3,(H,15,20). The highest BCUT2D eigenvalue weighted by Crippen LogP contribution is 2.11. The smallest absolute Gasteiger partial charge is 0.283 e. The molecule has 1 aromatic carbocycles. The summed E-state index contributed by atoms with van der Waals surface area (Å²) in [5, 5.41) is 10.6. The number of nitro benzene ring substituents is 1. The van der Waals surface area contributed by atoms with Gasteiger partial charge in [-0.15, -0.1) is 0 Å². The Morgan fingerprint density at radius 2 is 1.74 bits per heavy atom. The summed E-state index contributed by atoms with van der Waals surface area (Å²) in [5.74, 6) is -0.471. The zero-order chi connectivity index (χ0) is 17.1. The molecule has 0 radical (unpaired) electrons. The topological polar surface area (TPSA) is 128 Å². The van der Waals surface area contributed by atoms with Crippen molar-refractivity contribution in [3.63, 3.8) is 0 Å². The minimum atomic E-state index is -0.576. The fraction of sp³-hybridized carbons (Fsp3) is 0.154. The Kier molecular flexibility index (Phi) is 4.25. The monoisotopic (exact) mass is 319 g/mol. The van der Waals surface area contributed by atoms with E-state index in [0.29, 0.717) is 0 Å². The molecule has 0 saturated carbocycles. The number of rotatable bonds is 4. The lowest BCUT2D eigenvalue weighted by Crippen LogP contribution is -2.40. The first-order valence-corrected chi connectivity index (χ1v) is 6.39. The van der Waals surface area contributed by atoms with Gasteiger partial charge >= 0.3 is 5.69 Å². The van der Waals surface area contributed by atoms with Gasteiger partial charge in [0.1, 0.15) is 5.82 Å². The third-order valence-corrected chi connectivity index (χ3v) is 3.17. The van der Waals surface area contributed by atoms with E-state index >= 15 is 0 Å². The molecule has 10 heteroatoms. The number of nitrogens with zero attached hydrogens (tertiary/aromatic N) is 3. The van der Waals surface area contributed by atoms with E-state index in [2.05, 4.69) is 10.9 Å². The quantitative estimate of drug-likeness (QED) is 0.590. The summed E-state index contributed by atoms with van der Waals surface area (Å²) < 4.78 is 2.07. The van der Waals surface area contributed by atoms with Crippen LogP contribution >= 0.6 is 0 Å². The van der Waals surface area contributed by atoms with Crippen molar-refractivity contribution >= 4 is 17.4 Å². The van der Waals surface area contributed by atoms with Gasteiger partial charge in [-0.2, -0.15) is 0 Å². The van der Waals surface area contributed by atoms with Crippen LogP contribution in [0.1, 0.15) is 10.4 Å². The lowest BCUT2D eigenvalue weighted by Gasteiger charge is -2.12. The van der Waals surface area contributed by atoms with Gasteiger partial charge in [0.15, 0.2) is 0 Å². The van der Waals surface area contributed by atoms with E-state index in [0.717, 1.165) is 15.2 Å². The highest BCUT2D eigenvalue weighted by Gasteiger charge is 2.10. The molecular formula is C13H13N5O5. The number of non-ortho nitro benzene ring substituents is 1. The molecule has 0 aliphatic heterocycles. The molecule has 0 unspecified atom stereocenters. The predicted molar refractivity (Wildman–Crippen MR) is 81.1 cm³/mol. The average Bonchev–Trinajstić information content (AvgIpc) is 2.54. The van der Waals surface area contributed by atoms with Crippen LogP contribution in [0, 0.1) is 10.1 Å². The maximum atomic E-state index is 11.9. The molecule has 2 aromatic rings. The summed E-state index contributed by atoms with van der Waals surface area (Å²) in [5.41, 5.74) is 3.75. The van der Waals surface area contributed by atoms with Crippen molar-refractivity contribution in [3.8, 4) is 0 Å². The Morgan fingerprint density at radius 3 is 2.30 bits per heavy atom. The Bertz CT molecular complexity index is 881. The third kappa shape index (κ3) is 3.26. The summed E-state index contributed by atoms with van der Waals surface area (Å²) in [4.78, 5) is 45.2. The van der Waals surface area contributed by atoms with E-state index in [-0.39, 0.29) is 17.1 Å². The Labute approximate surface area is 129 Å². The molecule has 0 saturated heterocycles. The normalized spacial score (nSPS) is 10.2. The first-order chi connectivity index (χ1) is 10.8. The van der Waals surface area contributed by atoms with Gasteiger partial charge in [0, 0.05) is 37.9 Å². The number of anilines is 1. The molecule has 0 aliphatic rings. The second-order valence-corrected chi connectivity index (χ2v) is 4.65. The van der Waals surface area contributed by atoms with Crippen LogP contribution in [0.4, 0.5) is 11.5 Å². The summed E-state index contributed by atoms with van der Waals surface area (Å²) >= 11 is 0. The molecule has 2 N–H and O–H groups in total. The number of benzene rings is 1. The fourth-order valence-electron chi connectivity index (χ4n) is 1.78. The Hall–Kier alpha value is -3.43. The largest absolute Gasteiger partial charge is 0.332 e. The van der Waals surface area contributed by atoms with Gasteiger partial charge in [0.2, 0.25) is 0 Å². The van der Waals surface area contributed by atoms with Crippen molar-refractivity contribution in [2.45, 2.75) is 0 Å². The van der Waals surface area contributed by atoms with E-state index in [1.807, 2.05) is 0 Å². The second kappa shape index (κ2) is 6.13. The number of hydrazine groups is 1. The lowest BCUT2D eigenvalue weighted by atomic mass is 10.2. The van der Waals surface area contributed by atoms with Gasteiger partial charge in [-0.25, -0.2) is 4.79 Å². The maximum Gasteiger partial charge on any atom is 0.332 e. The van der Waals surface area contributed by atoms with Gasteiger partial charge in [-0.1, -0.05) is 0 Å². The highest BCUT2D eigenvalue weighted by molar-refractivity contribution is 5.94. The van der Waals surface area contributed by atoms with Crippen LogP contribution in [0.3, 0.4) is 0 Å². The number of hydrogen-bond donors (Lipinski definition) is 2. The van der Waals surface area contributed by atoms with Crippen molar-refractivity contribution in [2.24, 2.45) is 14.1 Å². The zero-order valence-electron chi connectivity index (χ0n) is 12.3. The van der Waals surface area contributed by atoms with Gasteiger partial charge in [0.05, 0.1) is 4.92 Å². The van der Waals surface area contributed by atoms with Crippen molar-refractivity contribution in [1.82, 2.24) is 14.6 Å². The number of hydrogen-bond acceptors (Lipinski definition) is 6. The molecule has 0 bridgehead atoms. The van der Waals surface area contributed by atoms with Crippen molar-refractivity contribution in [2.75, 3.05) is 5.43 Å². The molecule has 2 rings (SSSR count). The van der Waals surface area contributed by atoms with Crippen LogP contribution in [-0.2, 0) is 14.1 Å². The van der Waals surface area contributed by atoms with Crippen LogP contribution in [0.5, 0.6) is 0 Å². The lowest BCUT2D eigenvalue weighted by molar-refractivity contribution is -0.384. The van der Waals surface area contributed by atoms with Gasteiger partial charge in [-0.05, 0) is 12.1 Å². The SMILES string of the molecule is Cn1c(NNC(=O)c2ccc([N+](=O)[O-])cc2)cc(=O)n(C)c1=O. The minimum absolute atomic E-state index is 0.105. The summed E-state index contributed by atoms with van der Waals surface area (Å²) in [6.45, 7) is 0. The molecule has 10 nitrogen and oxygen atoms in total. The van der Waals surface area contributed by atoms with Gasteiger partial charge in [0.25, 0.3) is 17.2 Å². The number of amides is 1. The summed E-state index contributed by atoms with van der Waals surface area (Å²) in [6.07, 6.45) is 0. The number of nitrogens with one attached hydrogen (secondary N) is 2. The zero-order valence-corrected chi connectivity index (χ0v) is 12.3.